The molecule has 1 aromatic heterocycles. The van der Waals surface area contributed by atoms with Crippen LogP contribution >= 0.6 is 0 Å². The van der Waals surface area contributed by atoms with Gasteiger partial charge in [0, 0.05) is 18.7 Å². The van der Waals surface area contributed by atoms with Crippen LogP contribution in [-0.2, 0) is 13.1 Å². The number of hydrogen-bond acceptors (Lipinski definition) is 3. The van der Waals surface area contributed by atoms with E-state index in [0.717, 1.165) is 18.7 Å². The zero-order chi connectivity index (χ0) is 6.10. The molecule has 1 radical (unpaired) electrons. The molecule has 1 aliphatic rings. The summed E-state index contributed by atoms with van der Waals surface area (Å²) in [5, 5.41) is 10.5. The van der Waals surface area contributed by atoms with Crippen molar-refractivity contribution in [1.82, 2.24) is 15.5 Å². The number of hydrogen-bond donors (Lipinski definition) is 1. The number of nitrogens with zero attached hydrogens (tertiary/aromatic N) is 2. The molecule has 3 heteroatoms. The lowest BCUT2D eigenvalue weighted by Gasteiger charge is -1.88. The highest BCUT2D eigenvalue weighted by Gasteiger charge is 2.08. The van der Waals surface area contributed by atoms with Gasteiger partial charge in [0.15, 0.2) is 0 Å². The van der Waals surface area contributed by atoms with Gasteiger partial charge in [-0.05, 0) is 5.56 Å². The van der Waals surface area contributed by atoms with Gasteiger partial charge in [0.25, 0.3) is 0 Å². The normalized spacial score (nSPS) is 15.6. The first kappa shape index (κ1) is 4.88. The van der Waals surface area contributed by atoms with Gasteiger partial charge in [-0.2, -0.15) is 5.10 Å². The molecule has 45 valence electrons. The standard InChI is InChI=1S/C6H6N3/c1-5-3-8-9-4-6(5)2-7-1/h3,7H,1-2H2. The van der Waals surface area contributed by atoms with Crippen molar-refractivity contribution in [3.63, 3.8) is 0 Å². The molecule has 1 aromatic rings. The molecule has 0 spiro atoms. The number of aromatic nitrogens is 2. The van der Waals surface area contributed by atoms with Crippen molar-refractivity contribution in [1.29, 1.82) is 0 Å². The van der Waals surface area contributed by atoms with Gasteiger partial charge in [-0.1, -0.05) is 0 Å². The first-order valence-electron chi connectivity index (χ1n) is 2.88. The number of nitrogens with one attached hydrogen (secondary N) is 1. The summed E-state index contributed by atoms with van der Waals surface area (Å²) in [7, 11) is 0. The van der Waals surface area contributed by atoms with Gasteiger partial charge < -0.3 is 5.32 Å². The lowest BCUT2D eigenvalue weighted by Crippen LogP contribution is -1.99. The molecule has 0 saturated heterocycles. The van der Waals surface area contributed by atoms with Crippen molar-refractivity contribution < 1.29 is 0 Å². The molecule has 0 unspecified atom stereocenters. The maximum Gasteiger partial charge on any atom is 0.118 e. The second-order valence-corrected chi connectivity index (χ2v) is 2.06. The summed E-state index contributed by atoms with van der Waals surface area (Å²) < 4.78 is 0. The summed E-state index contributed by atoms with van der Waals surface area (Å²) in [6.07, 6.45) is 4.61. The van der Waals surface area contributed by atoms with Gasteiger partial charge in [-0.25, -0.2) is 0 Å². The molecule has 3 nitrogen and oxygen atoms in total. The van der Waals surface area contributed by atoms with Crippen LogP contribution in [-0.4, -0.2) is 10.2 Å². The van der Waals surface area contributed by atoms with Crippen LogP contribution in [0.4, 0.5) is 0 Å². The van der Waals surface area contributed by atoms with Gasteiger partial charge in [-0.15, -0.1) is 5.10 Å². The minimum absolute atomic E-state index is 0.894. The molecule has 1 aliphatic heterocycles. The lowest BCUT2D eigenvalue weighted by atomic mass is 10.2. The number of rotatable bonds is 0. The predicted octanol–water partition coefficient (Wildman–Crippen LogP) is -0.120. The fourth-order valence-electron chi connectivity index (χ4n) is 0.965. The molecule has 0 aromatic carbocycles. The van der Waals surface area contributed by atoms with E-state index in [1.807, 2.05) is 0 Å². The van der Waals surface area contributed by atoms with E-state index in [0.29, 0.717) is 0 Å². The monoisotopic (exact) mass is 120 g/mol. The topological polar surface area (TPSA) is 37.8 Å². The SMILES string of the molecule is [c]1nncc2c1CNC2. The second-order valence-electron chi connectivity index (χ2n) is 2.06. The summed E-state index contributed by atoms with van der Waals surface area (Å²) in [5.74, 6) is 0. The van der Waals surface area contributed by atoms with E-state index in [9.17, 15) is 0 Å². The van der Waals surface area contributed by atoms with Gasteiger partial charge in [0.1, 0.15) is 6.20 Å². The zero-order valence-corrected chi connectivity index (χ0v) is 4.89. The van der Waals surface area contributed by atoms with E-state index in [-0.39, 0.29) is 0 Å². The Kier molecular flexibility index (Phi) is 0.960. The fourth-order valence-corrected chi connectivity index (χ4v) is 0.965. The van der Waals surface area contributed by atoms with Crippen LogP contribution in [0.5, 0.6) is 0 Å². The lowest BCUT2D eigenvalue weighted by molar-refractivity contribution is 0.764. The molecular weight excluding hydrogens is 114 g/mol. The zero-order valence-electron chi connectivity index (χ0n) is 4.89. The molecule has 0 amide bonds. The Morgan fingerprint density at radius 2 is 2.56 bits per heavy atom. The van der Waals surface area contributed by atoms with Crippen molar-refractivity contribution in [3.05, 3.63) is 23.5 Å². The third-order valence-electron chi connectivity index (χ3n) is 1.46. The average Bonchev–Trinajstić information content (AvgIpc) is 2.33. The molecule has 0 aliphatic carbocycles. The van der Waals surface area contributed by atoms with E-state index in [4.69, 9.17) is 0 Å². The molecular formula is C6H6N3. The maximum atomic E-state index is 3.71. The predicted molar refractivity (Wildman–Crippen MR) is 31.4 cm³/mol. The van der Waals surface area contributed by atoms with Crippen LogP contribution in [0.15, 0.2) is 6.20 Å². The largest absolute Gasteiger partial charge is 0.308 e. The third-order valence-corrected chi connectivity index (χ3v) is 1.46. The van der Waals surface area contributed by atoms with Crippen LogP contribution in [0, 0.1) is 6.20 Å². The van der Waals surface area contributed by atoms with E-state index in [1.54, 1.807) is 6.20 Å². The van der Waals surface area contributed by atoms with Crippen molar-refractivity contribution in [2.24, 2.45) is 0 Å². The summed E-state index contributed by atoms with van der Waals surface area (Å²) >= 11 is 0. The molecule has 9 heavy (non-hydrogen) atoms. The summed E-state index contributed by atoms with van der Waals surface area (Å²) in [6, 6.07) is 0. The first-order valence-corrected chi connectivity index (χ1v) is 2.88. The Morgan fingerprint density at radius 1 is 1.56 bits per heavy atom. The van der Waals surface area contributed by atoms with Gasteiger partial charge >= 0.3 is 0 Å². The Labute approximate surface area is 53.1 Å². The highest BCUT2D eigenvalue weighted by Crippen LogP contribution is 2.09. The average molecular weight is 120 g/mol. The van der Waals surface area contributed by atoms with Crippen molar-refractivity contribution in [2.75, 3.05) is 0 Å². The van der Waals surface area contributed by atoms with Gasteiger partial charge in [0.2, 0.25) is 0 Å². The molecule has 0 fully saturated rings. The smallest absolute Gasteiger partial charge is 0.118 e. The first-order chi connectivity index (χ1) is 4.47. The van der Waals surface area contributed by atoms with Crippen LogP contribution in [0.3, 0.4) is 0 Å². The molecule has 2 heterocycles. The third kappa shape index (κ3) is 0.695. The minimum atomic E-state index is 0.894. The summed E-state index contributed by atoms with van der Waals surface area (Å²) in [4.78, 5) is 0. The van der Waals surface area contributed by atoms with Crippen LogP contribution in [0.25, 0.3) is 0 Å². The number of fused-ring (bicyclic) bond motifs is 1. The second kappa shape index (κ2) is 1.77. The van der Waals surface area contributed by atoms with Crippen molar-refractivity contribution >= 4 is 0 Å². The molecule has 0 bridgehead atoms. The Hall–Kier alpha value is -0.960. The van der Waals surface area contributed by atoms with E-state index in [2.05, 4.69) is 21.7 Å². The Balaban J connectivity index is 2.54. The van der Waals surface area contributed by atoms with Crippen LogP contribution in [0.1, 0.15) is 11.1 Å². The van der Waals surface area contributed by atoms with Crippen molar-refractivity contribution in [3.8, 4) is 0 Å². The van der Waals surface area contributed by atoms with Gasteiger partial charge in [0.05, 0.1) is 6.20 Å². The maximum absolute atomic E-state index is 3.71. The molecule has 0 atom stereocenters. The van der Waals surface area contributed by atoms with E-state index >= 15 is 0 Å². The van der Waals surface area contributed by atoms with Gasteiger partial charge in [-0.3, -0.25) is 0 Å². The molecule has 1 N–H and O–H groups in total. The molecule has 0 saturated carbocycles. The summed E-state index contributed by atoms with van der Waals surface area (Å²) in [6.45, 7) is 1.81. The van der Waals surface area contributed by atoms with Crippen LogP contribution in [0.2, 0.25) is 0 Å². The minimum Gasteiger partial charge on any atom is -0.308 e. The van der Waals surface area contributed by atoms with E-state index < -0.39 is 0 Å². The van der Waals surface area contributed by atoms with Crippen LogP contribution < -0.4 is 5.32 Å². The highest BCUT2D eigenvalue weighted by molar-refractivity contribution is 5.22. The summed E-state index contributed by atoms with van der Waals surface area (Å²) in [5.41, 5.74) is 2.38. The highest BCUT2D eigenvalue weighted by atomic mass is 15.1. The Morgan fingerprint density at radius 3 is 3.44 bits per heavy atom. The molecule has 2 rings (SSSR count). The van der Waals surface area contributed by atoms with E-state index in [1.165, 1.54) is 5.56 Å². The fraction of sp³-hybridized carbons (Fsp3) is 0.333. The Bertz CT molecular complexity index is 198. The van der Waals surface area contributed by atoms with Crippen molar-refractivity contribution in [2.45, 2.75) is 13.1 Å². The quantitative estimate of drug-likeness (QED) is 0.518.